The molecule has 94 valence electrons. The summed E-state index contributed by atoms with van der Waals surface area (Å²) in [6.07, 6.45) is -10.5. The fraction of sp³-hybridized carbons (Fsp3) is 0.429. The van der Waals surface area contributed by atoms with Gasteiger partial charge < -0.3 is 5.11 Å². The smallest absolute Gasteiger partial charge is 0.372 e. The van der Waals surface area contributed by atoms with E-state index in [0.717, 1.165) is 0 Å². The summed E-state index contributed by atoms with van der Waals surface area (Å²) in [4.78, 5) is 0. The first kappa shape index (κ1) is 14.9. The number of hydrogen-bond acceptors (Lipinski definition) is 1. The molecule has 1 atom stereocenters. The lowest BCUT2D eigenvalue weighted by Crippen LogP contribution is -2.57. The van der Waals surface area contributed by atoms with Gasteiger partial charge in [0.15, 0.2) is 0 Å². The Kier molecular flexibility index (Phi) is 3.76. The molecule has 0 spiro atoms. The van der Waals surface area contributed by atoms with Crippen molar-refractivity contribution in [2.45, 2.75) is 17.7 Å². The van der Waals surface area contributed by atoms with Crippen LogP contribution in [0.4, 0.5) is 35.1 Å². The monoisotopic (exact) mass is 256 g/mol. The zero-order chi connectivity index (χ0) is 13.4. The maximum atomic E-state index is 12.7. The normalized spacial score (nSPS) is 16.6. The molecule has 1 N–H and O–H groups in total. The van der Waals surface area contributed by atoms with Gasteiger partial charge in [0, 0.05) is 0 Å². The standard InChI is InChI=1S/C7H4F8O/c1-2-5(16,7(13,14)15)6(11,12)3(8)4(9)10/h2,16H,1H2. The van der Waals surface area contributed by atoms with Crippen LogP contribution >= 0.6 is 0 Å². The van der Waals surface area contributed by atoms with E-state index >= 15 is 0 Å². The Morgan fingerprint density at radius 3 is 1.56 bits per heavy atom. The highest BCUT2D eigenvalue weighted by Crippen LogP contribution is 2.47. The second-order valence-electron chi connectivity index (χ2n) is 2.62. The highest BCUT2D eigenvalue weighted by molar-refractivity contribution is 5.22. The van der Waals surface area contributed by atoms with Crippen LogP contribution in [0.25, 0.3) is 0 Å². The van der Waals surface area contributed by atoms with Crippen molar-refractivity contribution in [3.8, 4) is 0 Å². The molecule has 0 heterocycles. The second-order valence-corrected chi connectivity index (χ2v) is 2.62. The zero-order valence-corrected chi connectivity index (χ0v) is 7.26. The molecule has 0 radical (unpaired) electrons. The third-order valence-corrected chi connectivity index (χ3v) is 1.65. The fourth-order valence-electron chi connectivity index (χ4n) is 0.708. The predicted octanol–water partition coefficient (Wildman–Crippen LogP) is 3.18. The molecule has 0 aromatic rings. The summed E-state index contributed by atoms with van der Waals surface area (Å²) < 4.78 is 96.5. The van der Waals surface area contributed by atoms with E-state index in [-0.39, 0.29) is 0 Å². The third kappa shape index (κ3) is 2.04. The Hall–Kier alpha value is -1.12. The van der Waals surface area contributed by atoms with Gasteiger partial charge in [0.2, 0.25) is 11.4 Å². The quantitative estimate of drug-likeness (QED) is 0.607. The maximum absolute atomic E-state index is 12.7. The summed E-state index contributed by atoms with van der Waals surface area (Å²) in [5.74, 6) is -9.52. The van der Waals surface area contributed by atoms with Crippen molar-refractivity contribution in [3.63, 3.8) is 0 Å². The molecule has 1 unspecified atom stereocenters. The van der Waals surface area contributed by atoms with Gasteiger partial charge in [-0.15, -0.1) is 0 Å². The topological polar surface area (TPSA) is 20.2 Å². The number of aliphatic hydroxyl groups is 1. The molecule has 0 aliphatic carbocycles. The molecular formula is C7H4F8O. The zero-order valence-electron chi connectivity index (χ0n) is 7.26. The van der Waals surface area contributed by atoms with Gasteiger partial charge in [-0.2, -0.15) is 35.1 Å². The number of alkyl halides is 5. The molecule has 1 nitrogen and oxygen atoms in total. The Morgan fingerprint density at radius 1 is 1.00 bits per heavy atom. The van der Waals surface area contributed by atoms with Crippen LogP contribution in [-0.2, 0) is 0 Å². The number of rotatable bonds is 3. The van der Waals surface area contributed by atoms with Crippen LogP contribution in [0.3, 0.4) is 0 Å². The molecule has 0 rings (SSSR count). The fourth-order valence-corrected chi connectivity index (χ4v) is 0.708. The second kappa shape index (κ2) is 4.04. The maximum Gasteiger partial charge on any atom is 0.427 e. The van der Waals surface area contributed by atoms with Gasteiger partial charge in [0.1, 0.15) is 0 Å². The Labute approximate surface area is 83.7 Å². The summed E-state index contributed by atoms with van der Waals surface area (Å²) in [6.45, 7) is 2.22. The lowest BCUT2D eigenvalue weighted by molar-refractivity contribution is -0.303. The Morgan fingerprint density at radius 2 is 1.38 bits per heavy atom. The van der Waals surface area contributed by atoms with Crippen molar-refractivity contribution in [1.82, 2.24) is 0 Å². The molecule has 0 saturated carbocycles. The van der Waals surface area contributed by atoms with Gasteiger partial charge >= 0.3 is 18.2 Å². The first-order chi connectivity index (χ1) is 6.91. The van der Waals surface area contributed by atoms with Crippen molar-refractivity contribution in [1.29, 1.82) is 0 Å². The molecule has 0 aliphatic heterocycles. The lowest BCUT2D eigenvalue weighted by atomic mass is 9.94. The van der Waals surface area contributed by atoms with Crippen LogP contribution < -0.4 is 0 Å². The lowest BCUT2D eigenvalue weighted by Gasteiger charge is -2.33. The first-order valence-corrected chi connectivity index (χ1v) is 3.43. The summed E-state index contributed by atoms with van der Waals surface area (Å²) in [5, 5.41) is 8.50. The molecule has 0 aromatic carbocycles. The average Bonchev–Trinajstić information content (AvgIpc) is 2.12. The minimum Gasteiger partial charge on any atom is -0.372 e. The van der Waals surface area contributed by atoms with E-state index in [4.69, 9.17) is 5.11 Å². The highest BCUT2D eigenvalue weighted by atomic mass is 19.4. The molecule has 9 heteroatoms. The molecular weight excluding hydrogens is 252 g/mol. The van der Waals surface area contributed by atoms with Crippen molar-refractivity contribution >= 4 is 0 Å². The van der Waals surface area contributed by atoms with E-state index in [1.54, 1.807) is 0 Å². The van der Waals surface area contributed by atoms with E-state index in [0.29, 0.717) is 0 Å². The van der Waals surface area contributed by atoms with Gasteiger partial charge in [-0.05, 0) is 6.08 Å². The number of hydrogen-bond donors (Lipinski definition) is 1. The average molecular weight is 256 g/mol. The van der Waals surface area contributed by atoms with Gasteiger partial charge in [0.05, 0.1) is 0 Å². The van der Waals surface area contributed by atoms with E-state index in [1.165, 1.54) is 0 Å². The van der Waals surface area contributed by atoms with Crippen molar-refractivity contribution in [3.05, 3.63) is 24.6 Å². The highest BCUT2D eigenvalue weighted by Gasteiger charge is 2.70. The molecule has 0 fully saturated rings. The molecule has 0 amide bonds. The van der Waals surface area contributed by atoms with E-state index in [9.17, 15) is 35.1 Å². The van der Waals surface area contributed by atoms with E-state index in [1.807, 2.05) is 0 Å². The van der Waals surface area contributed by atoms with Crippen molar-refractivity contribution in [2.75, 3.05) is 0 Å². The summed E-state index contributed by atoms with van der Waals surface area (Å²) in [5.41, 5.74) is -5.10. The molecule has 0 saturated heterocycles. The largest absolute Gasteiger partial charge is 0.427 e. The minimum absolute atomic E-state index is 0.754. The van der Waals surface area contributed by atoms with Crippen LogP contribution in [-0.4, -0.2) is 22.8 Å². The molecule has 16 heavy (non-hydrogen) atoms. The van der Waals surface area contributed by atoms with Crippen LogP contribution in [0, 0.1) is 0 Å². The van der Waals surface area contributed by atoms with E-state index < -0.39 is 35.7 Å². The van der Waals surface area contributed by atoms with Crippen molar-refractivity contribution in [2.24, 2.45) is 0 Å². The summed E-state index contributed by atoms with van der Waals surface area (Å²) >= 11 is 0. The van der Waals surface area contributed by atoms with Gasteiger partial charge in [-0.1, -0.05) is 6.58 Å². The van der Waals surface area contributed by atoms with Gasteiger partial charge in [-0.25, -0.2) is 0 Å². The van der Waals surface area contributed by atoms with Gasteiger partial charge in [0.25, 0.3) is 0 Å². The molecule has 0 aliphatic rings. The van der Waals surface area contributed by atoms with Crippen molar-refractivity contribution < 1.29 is 40.2 Å². The van der Waals surface area contributed by atoms with Crippen LogP contribution in [0.15, 0.2) is 24.6 Å². The number of halogens is 8. The minimum atomic E-state index is -6.06. The van der Waals surface area contributed by atoms with Crippen LogP contribution in [0.2, 0.25) is 0 Å². The summed E-state index contributed by atoms with van der Waals surface area (Å²) in [7, 11) is 0. The molecule has 0 bridgehead atoms. The molecule has 0 aromatic heterocycles. The first-order valence-electron chi connectivity index (χ1n) is 3.43. The van der Waals surface area contributed by atoms with Crippen LogP contribution in [0.1, 0.15) is 0 Å². The summed E-state index contributed by atoms with van der Waals surface area (Å²) in [6, 6.07) is 0. The Bertz CT molecular complexity index is 313. The predicted molar refractivity (Wildman–Crippen MR) is 36.5 cm³/mol. The van der Waals surface area contributed by atoms with Gasteiger partial charge in [-0.3, -0.25) is 0 Å². The van der Waals surface area contributed by atoms with Crippen LogP contribution in [0.5, 0.6) is 0 Å². The third-order valence-electron chi connectivity index (χ3n) is 1.65. The SMILES string of the molecule is C=CC(O)(C(F)(F)F)C(F)(F)C(F)=C(F)F. The Balaban J connectivity index is 5.78. The van der Waals surface area contributed by atoms with E-state index in [2.05, 4.69) is 6.58 Å².